The van der Waals surface area contributed by atoms with Crippen molar-refractivity contribution < 1.29 is 4.79 Å². The zero-order valence-corrected chi connectivity index (χ0v) is 11.6. The largest absolute Gasteiger partial charge is 0.354 e. The predicted octanol–water partition coefficient (Wildman–Crippen LogP) is 0.846. The second-order valence-corrected chi connectivity index (χ2v) is 4.80. The third-order valence-corrected chi connectivity index (χ3v) is 2.58. The Morgan fingerprint density at radius 1 is 1.30 bits per heavy atom. The zero-order chi connectivity index (χ0) is 14.4. The molecule has 0 unspecified atom stereocenters. The Hall–Kier alpha value is -2.44. The number of nitrogens with zero attached hydrogens (tertiary/aromatic N) is 4. The molecule has 7 heteroatoms. The normalized spacial score (nSPS) is 10.6. The number of hydrogen-bond donors (Lipinski definition) is 2. The van der Waals surface area contributed by atoms with Crippen molar-refractivity contribution in [2.75, 3.05) is 18.4 Å². The van der Waals surface area contributed by atoms with Gasteiger partial charge in [-0.2, -0.15) is 4.68 Å². The van der Waals surface area contributed by atoms with Gasteiger partial charge >= 0.3 is 0 Å². The summed E-state index contributed by atoms with van der Waals surface area (Å²) in [5.74, 6) is 0.783. The molecule has 1 heterocycles. The Bertz CT molecular complexity index is 551. The highest BCUT2D eigenvalue weighted by Gasteiger charge is 2.09. The molecule has 0 aliphatic carbocycles. The Morgan fingerprint density at radius 2 is 2.05 bits per heavy atom. The van der Waals surface area contributed by atoms with Gasteiger partial charge in [0.05, 0.1) is 12.2 Å². The lowest BCUT2D eigenvalue weighted by atomic mass is 10.2. The quantitative estimate of drug-likeness (QED) is 0.815. The first-order chi connectivity index (χ1) is 9.66. The van der Waals surface area contributed by atoms with Crippen molar-refractivity contribution >= 4 is 11.9 Å². The number of rotatable bonds is 6. The summed E-state index contributed by atoms with van der Waals surface area (Å²) in [6, 6.07) is 9.49. The zero-order valence-electron chi connectivity index (χ0n) is 11.6. The maximum atomic E-state index is 11.6. The van der Waals surface area contributed by atoms with Crippen LogP contribution in [0.3, 0.4) is 0 Å². The summed E-state index contributed by atoms with van der Waals surface area (Å²) in [6.07, 6.45) is 0. The Kier molecular flexibility index (Phi) is 4.65. The Morgan fingerprint density at radius 3 is 2.75 bits per heavy atom. The van der Waals surface area contributed by atoms with E-state index >= 15 is 0 Å². The van der Waals surface area contributed by atoms with E-state index in [-0.39, 0.29) is 12.5 Å². The van der Waals surface area contributed by atoms with Crippen molar-refractivity contribution in [2.45, 2.75) is 13.8 Å². The molecule has 1 aromatic carbocycles. The highest BCUT2D eigenvalue weighted by atomic mass is 16.1. The van der Waals surface area contributed by atoms with Gasteiger partial charge in [0.25, 0.3) is 0 Å². The van der Waals surface area contributed by atoms with Crippen molar-refractivity contribution in [3.05, 3.63) is 30.3 Å². The molecule has 2 aromatic rings. The van der Waals surface area contributed by atoms with Gasteiger partial charge in [-0.25, -0.2) is 0 Å². The van der Waals surface area contributed by atoms with E-state index in [1.165, 1.54) is 0 Å². The van der Waals surface area contributed by atoms with E-state index in [0.717, 1.165) is 5.69 Å². The monoisotopic (exact) mass is 274 g/mol. The highest BCUT2D eigenvalue weighted by Crippen LogP contribution is 2.09. The molecule has 0 radical (unpaired) electrons. The molecule has 7 nitrogen and oxygen atoms in total. The van der Waals surface area contributed by atoms with Gasteiger partial charge in [0.15, 0.2) is 0 Å². The molecule has 106 valence electrons. The number of anilines is 1. The van der Waals surface area contributed by atoms with Crippen LogP contribution in [0.15, 0.2) is 30.3 Å². The van der Waals surface area contributed by atoms with Crippen LogP contribution in [0.1, 0.15) is 13.8 Å². The van der Waals surface area contributed by atoms with Gasteiger partial charge in [0.2, 0.25) is 11.9 Å². The lowest BCUT2D eigenvalue weighted by Gasteiger charge is -2.09. The topological polar surface area (TPSA) is 84.7 Å². The van der Waals surface area contributed by atoms with E-state index in [0.29, 0.717) is 18.4 Å². The third kappa shape index (κ3) is 3.78. The number of amides is 1. The number of benzene rings is 1. The van der Waals surface area contributed by atoms with Crippen LogP contribution in [0.5, 0.6) is 0 Å². The van der Waals surface area contributed by atoms with Crippen molar-refractivity contribution in [3.8, 4) is 5.69 Å². The second kappa shape index (κ2) is 6.65. The van der Waals surface area contributed by atoms with E-state index < -0.39 is 0 Å². The first kappa shape index (κ1) is 14.0. The minimum Gasteiger partial charge on any atom is -0.354 e. The van der Waals surface area contributed by atoms with Crippen LogP contribution in [0.25, 0.3) is 5.69 Å². The SMILES string of the molecule is CC(C)CNC(=O)CNc1nnnn1-c1ccccc1. The summed E-state index contributed by atoms with van der Waals surface area (Å²) < 4.78 is 1.55. The van der Waals surface area contributed by atoms with Crippen molar-refractivity contribution in [1.82, 2.24) is 25.5 Å². The van der Waals surface area contributed by atoms with Gasteiger partial charge in [-0.1, -0.05) is 37.1 Å². The van der Waals surface area contributed by atoms with Gasteiger partial charge in [-0.05, 0) is 28.5 Å². The number of hydrogen-bond acceptors (Lipinski definition) is 5. The predicted molar refractivity (Wildman–Crippen MR) is 75.5 cm³/mol. The molecule has 0 bridgehead atoms. The summed E-state index contributed by atoms with van der Waals surface area (Å²) in [4.78, 5) is 11.6. The lowest BCUT2D eigenvalue weighted by molar-refractivity contribution is -0.119. The molecule has 1 amide bonds. The first-order valence-electron chi connectivity index (χ1n) is 6.51. The molecular weight excluding hydrogens is 256 g/mol. The molecule has 0 spiro atoms. The van der Waals surface area contributed by atoms with Crippen LogP contribution in [0.4, 0.5) is 5.95 Å². The molecule has 1 aromatic heterocycles. The minimum atomic E-state index is -0.0821. The van der Waals surface area contributed by atoms with E-state index in [1.54, 1.807) is 4.68 Å². The molecular formula is C13H18N6O. The standard InChI is InChI=1S/C13H18N6O/c1-10(2)8-14-12(20)9-15-13-16-17-18-19(13)11-6-4-3-5-7-11/h3-7,10H,8-9H2,1-2H3,(H,14,20)(H,15,16,18). The van der Waals surface area contributed by atoms with Crippen LogP contribution in [-0.2, 0) is 4.79 Å². The average Bonchev–Trinajstić information content (AvgIpc) is 2.92. The Labute approximate surface area is 117 Å². The average molecular weight is 274 g/mol. The van der Waals surface area contributed by atoms with Crippen molar-refractivity contribution in [1.29, 1.82) is 0 Å². The van der Waals surface area contributed by atoms with E-state index in [4.69, 9.17) is 0 Å². The molecule has 0 saturated heterocycles. The van der Waals surface area contributed by atoms with Crippen molar-refractivity contribution in [2.24, 2.45) is 5.92 Å². The molecule has 2 rings (SSSR count). The summed E-state index contributed by atoms with van der Waals surface area (Å²) in [5.41, 5.74) is 0.836. The minimum absolute atomic E-state index is 0.0821. The molecule has 2 N–H and O–H groups in total. The van der Waals surface area contributed by atoms with Crippen LogP contribution in [-0.4, -0.2) is 39.2 Å². The summed E-state index contributed by atoms with van der Waals surface area (Å²) in [6.45, 7) is 4.89. The molecule has 0 aliphatic rings. The Balaban J connectivity index is 1.95. The highest BCUT2D eigenvalue weighted by molar-refractivity contribution is 5.80. The van der Waals surface area contributed by atoms with Crippen LogP contribution in [0.2, 0.25) is 0 Å². The molecule has 0 atom stereocenters. The number of aromatic nitrogens is 4. The second-order valence-electron chi connectivity index (χ2n) is 4.80. The maximum absolute atomic E-state index is 11.6. The number of tetrazole rings is 1. The van der Waals surface area contributed by atoms with E-state index in [9.17, 15) is 4.79 Å². The molecule has 20 heavy (non-hydrogen) atoms. The number of para-hydroxylation sites is 1. The summed E-state index contributed by atoms with van der Waals surface area (Å²) in [5, 5.41) is 17.1. The van der Waals surface area contributed by atoms with Gasteiger partial charge in [0.1, 0.15) is 0 Å². The fraction of sp³-hybridized carbons (Fsp3) is 0.385. The summed E-state index contributed by atoms with van der Waals surface area (Å²) in [7, 11) is 0. The third-order valence-electron chi connectivity index (χ3n) is 2.58. The summed E-state index contributed by atoms with van der Waals surface area (Å²) >= 11 is 0. The van der Waals surface area contributed by atoms with Crippen LogP contribution in [0, 0.1) is 5.92 Å². The van der Waals surface area contributed by atoms with Gasteiger partial charge < -0.3 is 10.6 Å². The number of nitrogens with one attached hydrogen (secondary N) is 2. The molecule has 0 aliphatic heterocycles. The smallest absolute Gasteiger partial charge is 0.248 e. The number of carbonyl (C=O) groups is 1. The van der Waals surface area contributed by atoms with Gasteiger partial charge in [-0.15, -0.1) is 0 Å². The fourth-order valence-electron chi connectivity index (χ4n) is 1.58. The molecule has 0 saturated carbocycles. The van der Waals surface area contributed by atoms with Crippen LogP contribution >= 0.6 is 0 Å². The van der Waals surface area contributed by atoms with Gasteiger partial charge in [-0.3, -0.25) is 4.79 Å². The van der Waals surface area contributed by atoms with Crippen LogP contribution < -0.4 is 10.6 Å². The van der Waals surface area contributed by atoms with Gasteiger partial charge in [0, 0.05) is 6.54 Å². The van der Waals surface area contributed by atoms with E-state index in [1.807, 2.05) is 44.2 Å². The van der Waals surface area contributed by atoms with E-state index in [2.05, 4.69) is 26.2 Å². The maximum Gasteiger partial charge on any atom is 0.248 e. The number of carbonyl (C=O) groups excluding carboxylic acids is 1. The van der Waals surface area contributed by atoms with Crippen molar-refractivity contribution in [3.63, 3.8) is 0 Å². The molecule has 0 fully saturated rings. The fourth-order valence-corrected chi connectivity index (χ4v) is 1.58. The lowest BCUT2D eigenvalue weighted by Crippen LogP contribution is -2.33. The first-order valence-corrected chi connectivity index (χ1v) is 6.51.